The molecule has 14 heavy (non-hydrogen) atoms. The summed E-state index contributed by atoms with van der Waals surface area (Å²) >= 11 is 0. The van der Waals surface area contributed by atoms with Crippen LogP contribution >= 0.6 is 0 Å². The minimum Gasteiger partial charge on any atom is -0.317 e. The number of rotatable bonds is 4. The van der Waals surface area contributed by atoms with Crippen LogP contribution in [0.4, 0.5) is 0 Å². The fraction of sp³-hybridized carbons (Fsp3) is 1.00. The Balaban J connectivity index is 1.81. The summed E-state index contributed by atoms with van der Waals surface area (Å²) in [6.07, 6.45) is 7.29. The Hall–Kier alpha value is -0.0800. The van der Waals surface area contributed by atoms with Crippen LogP contribution in [0.5, 0.6) is 0 Å². The minimum absolute atomic E-state index is 0.770. The second-order valence-electron chi connectivity index (χ2n) is 5.44. The van der Waals surface area contributed by atoms with Crippen molar-refractivity contribution in [3.05, 3.63) is 0 Å². The Kier molecular flexibility index (Phi) is 3.13. The van der Waals surface area contributed by atoms with E-state index in [2.05, 4.69) is 24.3 Å². The molecule has 0 bridgehead atoms. The lowest BCUT2D eigenvalue weighted by Gasteiger charge is -2.31. The molecule has 1 saturated carbocycles. The normalized spacial score (nSPS) is 26.8. The molecule has 0 aromatic rings. The van der Waals surface area contributed by atoms with E-state index >= 15 is 0 Å². The van der Waals surface area contributed by atoms with Gasteiger partial charge in [0.25, 0.3) is 0 Å². The average molecular weight is 196 g/mol. The van der Waals surface area contributed by atoms with E-state index in [4.69, 9.17) is 0 Å². The van der Waals surface area contributed by atoms with Crippen LogP contribution < -0.4 is 5.32 Å². The van der Waals surface area contributed by atoms with Gasteiger partial charge in [0.1, 0.15) is 0 Å². The van der Waals surface area contributed by atoms with Gasteiger partial charge in [-0.2, -0.15) is 0 Å². The van der Waals surface area contributed by atoms with Crippen LogP contribution in [0.25, 0.3) is 0 Å². The smallest absolute Gasteiger partial charge is 0.00194 e. The van der Waals surface area contributed by atoms with Gasteiger partial charge in [0.15, 0.2) is 0 Å². The highest BCUT2D eigenvalue weighted by molar-refractivity contribution is 4.99. The van der Waals surface area contributed by atoms with Gasteiger partial charge < -0.3 is 10.2 Å². The van der Waals surface area contributed by atoms with Gasteiger partial charge in [-0.15, -0.1) is 0 Å². The molecule has 2 nitrogen and oxygen atoms in total. The topological polar surface area (TPSA) is 15.3 Å². The number of nitrogens with one attached hydrogen (secondary N) is 1. The molecule has 0 unspecified atom stereocenters. The van der Waals surface area contributed by atoms with Crippen LogP contribution in [0.3, 0.4) is 0 Å². The molecule has 1 aliphatic heterocycles. The molecule has 1 heterocycles. The first-order valence-electron chi connectivity index (χ1n) is 6.08. The number of piperidine rings is 1. The molecule has 0 aromatic heterocycles. The van der Waals surface area contributed by atoms with Gasteiger partial charge in [-0.05, 0) is 77.2 Å². The summed E-state index contributed by atoms with van der Waals surface area (Å²) in [6.45, 7) is 3.80. The Bertz CT molecular complexity index is 179. The summed E-state index contributed by atoms with van der Waals surface area (Å²) in [4.78, 5) is 2.33. The lowest BCUT2D eigenvalue weighted by Crippen LogP contribution is -2.33. The molecule has 2 rings (SSSR count). The van der Waals surface area contributed by atoms with Gasteiger partial charge >= 0.3 is 0 Å². The maximum absolute atomic E-state index is 3.47. The molecular formula is C12H24N2. The van der Waals surface area contributed by atoms with E-state index in [0.717, 1.165) is 11.3 Å². The van der Waals surface area contributed by atoms with Crippen LogP contribution in [0.15, 0.2) is 0 Å². The van der Waals surface area contributed by atoms with E-state index in [9.17, 15) is 0 Å². The predicted molar refractivity (Wildman–Crippen MR) is 60.4 cm³/mol. The highest BCUT2D eigenvalue weighted by Crippen LogP contribution is 2.57. The first-order valence-corrected chi connectivity index (χ1v) is 6.08. The molecule has 1 aliphatic carbocycles. The fourth-order valence-corrected chi connectivity index (χ4v) is 2.90. The van der Waals surface area contributed by atoms with E-state index in [1.54, 1.807) is 0 Å². The van der Waals surface area contributed by atoms with E-state index in [0.29, 0.717) is 0 Å². The zero-order valence-electron chi connectivity index (χ0n) is 9.68. The van der Waals surface area contributed by atoms with Crippen LogP contribution in [-0.2, 0) is 0 Å². The van der Waals surface area contributed by atoms with E-state index in [1.807, 2.05) is 0 Å². The van der Waals surface area contributed by atoms with Crippen molar-refractivity contribution >= 4 is 0 Å². The van der Waals surface area contributed by atoms with Gasteiger partial charge in [-0.3, -0.25) is 0 Å². The van der Waals surface area contributed by atoms with Crippen molar-refractivity contribution in [2.24, 2.45) is 11.3 Å². The second-order valence-corrected chi connectivity index (χ2v) is 5.44. The van der Waals surface area contributed by atoms with Gasteiger partial charge in [0.2, 0.25) is 0 Å². The van der Waals surface area contributed by atoms with Gasteiger partial charge in [-0.1, -0.05) is 0 Å². The van der Waals surface area contributed by atoms with Crippen molar-refractivity contribution in [1.29, 1.82) is 0 Å². The quantitative estimate of drug-likeness (QED) is 0.736. The van der Waals surface area contributed by atoms with Crippen molar-refractivity contribution in [3.8, 4) is 0 Å². The summed E-state index contributed by atoms with van der Waals surface area (Å²) in [6, 6.07) is 0. The minimum atomic E-state index is 0.770. The van der Waals surface area contributed by atoms with Crippen molar-refractivity contribution in [1.82, 2.24) is 10.2 Å². The van der Waals surface area contributed by atoms with E-state index < -0.39 is 0 Å². The summed E-state index contributed by atoms with van der Waals surface area (Å²) in [7, 11) is 4.39. The van der Waals surface area contributed by atoms with Gasteiger partial charge in [0.05, 0.1) is 0 Å². The van der Waals surface area contributed by atoms with Crippen molar-refractivity contribution in [2.45, 2.75) is 32.1 Å². The lowest BCUT2D eigenvalue weighted by molar-refractivity contribution is 0.205. The highest BCUT2D eigenvalue weighted by atomic mass is 15.0. The third kappa shape index (κ3) is 2.29. The Morgan fingerprint density at radius 2 is 1.86 bits per heavy atom. The van der Waals surface area contributed by atoms with Crippen molar-refractivity contribution in [2.75, 3.05) is 33.7 Å². The molecular weight excluding hydrogens is 172 g/mol. The first kappa shape index (κ1) is 10.4. The standard InChI is InChI=1S/C12H24N2/c1-14(2)10-7-12(5-6-12)11-3-8-13-9-4-11/h11,13H,3-10H2,1-2H3. The maximum Gasteiger partial charge on any atom is -0.00194 e. The lowest BCUT2D eigenvalue weighted by atomic mass is 9.80. The molecule has 0 spiro atoms. The Morgan fingerprint density at radius 3 is 2.36 bits per heavy atom. The molecule has 1 N–H and O–H groups in total. The largest absolute Gasteiger partial charge is 0.317 e. The SMILES string of the molecule is CN(C)CCC1(C2CCNCC2)CC1. The Labute approximate surface area is 88.1 Å². The zero-order chi connectivity index (χ0) is 10.0. The molecule has 2 heteroatoms. The second kappa shape index (κ2) is 4.19. The summed E-state index contributed by atoms with van der Waals surface area (Å²) < 4.78 is 0. The third-order valence-corrected chi connectivity index (χ3v) is 4.15. The first-order chi connectivity index (χ1) is 6.73. The average Bonchev–Trinajstić information content (AvgIpc) is 2.97. The molecule has 2 aliphatic rings. The fourth-order valence-electron chi connectivity index (χ4n) is 2.90. The summed E-state index contributed by atoms with van der Waals surface area (Å²) in [5, 5.41) is 3.47. The molecule has 0 aromatic carbocycles. The monoisotopic (exact) mass is 196 g/mol. The molecule has 0 atom stereocenters. The van der Waals surface area contributed by atoms with Gasteiger partial charge in [-0.25, -0.2) is 0 Å². The zero-order valence-corrected chi connectivity index (χ0v) is 9.68. The molecule has 82 valence electrons. The summed E-state index contributed by atoms with van der Waals surface area (Å²) in [5.74, 6) is 1.03. The Morgan fingerprint density at radius 1 is 1.21 bits per heavy atom. The molecule has 2 fully saturated rings. The third-order valence-electron chi connectivity index (χ3n) is 4.15. The van der Waals surface area contributed by atoms with Crippen LogP contribution in [0, 0.1) is 11.3 Å². The molecule has 1 saturated heterocycles. The van der Waals surface area contributed by atoms with Crippen LogP contribution in [0.2, 0.25) is 0 Å². The number of hydrogen-bond donors (Lipinski definition) is 1. The molecule has 0 radical (unpaired) electrons. The van der Waals surface area contributed by atoms with Crippen molar-refractivity contribution in [3.63, 3.8) is 0 Å². The predicted octanol–water partition coefficient (Wildman–Crippen LogP) is 1.72. The highest BCUT2D eigenvalue weighted by Gasteiger charge is 2.48. The van der Waals surface area contributed by atoms with Crippen molar-refractivity contribution < 1.29 is 0 Å². The maximum atomic E-state index is 3.47. The number of nitrogens with zero attached hydrogens (tertiary/aromatic N) is 1. The van der Waals surface area contributed by atoms with Crippen LogP contribution in [-0.4, -0.2) is 38.6 Å². The molecule has 0 amide bonds. The van der Waals surface area contributed by atoms with Crippen LogP contribution in [0.1, 0.15) is 32.1 Å². The van der Waals surface area contributed by atoms with E-state index in [1.165, 1.54) is 51.7 Å². The summed E-state index contributed by atoms with van der Waals surface area (Å²) in [5.41, 5.74) is 0.770. The van der Waals surface area contributed by atoms with Gasteiger partial charge in [0, 0.05) is 0 Å². The number of hydrogen-bond acceptors (Lipinski definition) is 2. The van der Waals surface area contributed by atoms with E-state index in [-0.39, 0.29) is 0 Å².